The zero-order chi connectivity index (χ0) is 23.0. The molecule has 1 aromatic carbocycles. The summed E-state index contributed by atoms with van der Waals surface area (Å²) in [6.07, 6.45) is 4.09. The summed E-state index contributed by atoms with van der Waals surface area (Å²) in [5.41, 5.74) is 0.624. The van der Waals surface area contributed by atoms with Gasteiger partial charge in [-0.05, 0) is 37.5 Å². The lowest BCUT2D eigenvalue weighted by Crippen LogP contribution is -2.46. The zero-order valence-corrected chi connectivity index (χ0v) is 19.7. The number of likely N-dealkylation sites (tertiary alicyclic amines) is 1. The topological polar surface area (TPSA) is 95.9 Å². The highest BCUT2D eigenvalue weighted by molar-refractivity contribution is 7.99. The van der Waals surface area contributed by atoms with Crippen molar-refractivity contribution in [3.63, 3.8) is 0 Å². The molecule has 2 amide bonds. The molecule has 0 aliphatic carbocycles. The summed E-state index contributed by atoms with van der Waals surface area (Å²) in [5, 5.41) is 12.3. The Hall–Kier alpha value is -1.74. The molecule has 170 valence electrons. The number of nitrogens with one attached hydrogen (secondary N) is 1. The Morgan fingerprint density at radius 2 is 1.97 bits per heavy atom. The van der Waals surface area contributed by atoms with E-state index in [9.17, 15) is 14.4 Å². The summed E-state index contributed by atoms with van der Waals surface area (Å²) in [7, 11) is 1.27. The fourth-order valence-electron chi connectivity index (χ4n) is 3.14. The number of rotatable bonds is 8. The van der Waals surface area contributed by atoms with Gasteiger partial charge in [0, 0.05) is 35.7 Å². The molecule has 0 saturated carbocycles. The van der Waals surface area contributed by atoms with Gasteiger partial charge in [-0.1, -0.05) is 29.3 Å². The molecule has 1 heterocycles. The van der Waals surface area contributed by atoms with Gasteiger partial charge in [-0.25, -0.2) is 4.79 Å². The van der Waals surface area contributed by atoms with E-state index in [2.05, 4.69) is 10.1 Å². The number of halogens is 2. The van der Waals surface area contributed by atoms with E-state index in [1.807, 2.05) is 0 Å². The molecule has 31 heavy (non-hydrogen) atoms. The molecule has 7 nitrogen and oxygen atoms in total. The third-order valence-electron chi connectivity index (χ3n) is 4.92. The molecular weight excluding hydrogens is 463 g/mol. The van der Waals surface area contributed by atoms with Crippen molar-refractivity contribution in [1.82, 2.24) is 10.2 Å². The number of carbonyl (C=O) groups excluding carboxylic acids is 3. The number of thioether (sulfide) groups is 1. The SMILES string of the molecule is COC(=O)C(C)NC(=O)C1CCN(C(=O)C=Cc2ccc(SCCO)c(Cl)c2Cl)CC1. The number of aliphatic hydroxyl groups excluding tert-OH is 1. The molecule has 1 aliphatic rings. The van der Waals surface area contributed by atoms with Crippen LogP contribution in [0.3, 0.4) is 0 Å². The van der Waals surface area contributed by atoms with Gasteiger partial charge in [-0.15, -0.1) is 11.8 Å². The standard InChI is InChI=1S/C21H26Cl2N2O5S/c1-13(21(29)30-2)24-20(28)15-7-9-25(10-8-15)17(27)6-4-14-3-5-16(31-12-11-26)19(23)18(14)22/h3-6,13,15,26H,7-12H2,1-2H3,(H,24,28). The molecule has 1 atom stereocenters. The minimum absolute atomic E-state index is 0.0391. The van der Waals surface area contributed by atoms with E-state index in [-0.39, 0.29) is 24.3 Å². The number of hydrogen-bond acceptors (Lipinski definition) is 6. The number of benzene rings is 1. The highest BCUT2D eigenvalue weighted by atomic mass is 35.5. The van der Waals surface area contributed by atoms with Crippen LogP contribution in [-0.4, -0.2) is 66.4 Å². The average Bonchev–Trinajstić information content (AvgIpc) is 2.78. The maximum Gasteiger partial charge on any atom is 0.328 e. The summed E-state index contributed by atoms with van der Waals surface area (Å²) in [6.45, 7) is 2.50. The van der Waals surface area contributed by atoms with Crippen molar-refractivity contribution in [3.05, 3.63) is 33.8 Å². The van der Waals surface area contributed by atoms with E-state index in [0.29, 0.717) is 47.3 Å². The number of methoxy groups -OCH3 is 1. The Kier molecular flexibility index (Phi) is 10.2. The highest BCUT2D eigenvalue weighted by Gasteiger charge is 2.28. The van der Waals surface area contributed by atoms with Crippen LogP contribution in [-0.2, 0) is 19.1 Å². The smallest absolute Gasteiger partial charge is 0.328 e. The van der Waals surface area contributed by atoms with E-state index in [0.717, 1.165) is 4.90 Å². The molecule has 0 aromatic heterocycles. The number of nitrogens with zero attached hydrogens (tertiary/aromatic N) is 1. The number of amides is 2. The molecule has 1 aliphatic heterocycles. The molecule has 1 fully saturated rings. The van der Waals surface area contributed by atoms with E-state index in [4.69, 9.17) is 28.3 Å². The van der Waals surface area contributed by atoms with Crippen LogP contribution in [0.4, 0.5) is 0 Å². The molecule has 10 heteroatoms. The molecule has 1 aromatic rings. The molecule has 2 N–H and O–H groups in total. The van der Waals surface area contributed by atoms with Gasteiger partial charge in [0.15, 0.2) is 0 Å². The van der Waals surface area contributed by atoms with Crippen LogP contribution in [0.15, 0.2) is 23.1 Å². The highest BCUT2D eigenvalue weighted by Crippen LogP contribution is 2.36. The van der Waals surface area contributed by atoms with Gasteiger partial charge in [0.25, 0.3) is 0 Å². The predicted octanol–water partition coefficient (Wildman–Crippen LogP) is 3.01. The number of ether oxygens (including phenoxy) is 1. The van der Waals surface area contributed by atoms with Gasteiger partial charge in [-0.3, -0.25) is 9.59 Å². The Morgan fingerprint density at radius 1 is 1.29 bits per heavy atom. The van der Waals surface area contributed by atoms with E-state index in [1.54, 1.807) is 30.0 Å². The number of hydrogen-bond donors (Lipinski definition) is 2. The number of carbonyl (C=O) groups is 3. The minimum atomic E-state index is -0.704. The summed E-state index contributed by atoms with van der Waals surface area (Å²) in [6, 6.07) is 2.87. The number of aliphatic hydroxyl groups is 1. The first-order valence-corrected chi connectivity index (χ1v) is 11.6. The summed E-state index contributed by atoms with van der Waals surface area (Å²) in [4.78, 5) is 38.7. The van der Waals surface area contributed by atoms with Gasteiger partial charge in [0.2, 0.25) is 11.8 Å². The largest absolute Gasteiger partial charge is 0.467 e. The fraction of sp³-hybridized carbons (Fsp3) is 0.476. The summed E-state index contributed by atoms with van der Waals surface area (Å²) >= 11 is 14.0. The van der Waals surface area contributed by atoms with Crippen LogP contribution >= 0.6 is 35.0 Å². The molecule has 0 bridgehead atoms. The maximum absolute atomic E-state index is 12.5. The second-order valence-corrected chi connectivity index (χ2v) is 8.93. The van der Waals surface area contributed by atoms with Crippen molar-refractivity contribution >= 4 is 58.8 Å². The van der Waals surface area contributed by atoms with Crippen molar-refractivity contribution in [1.29, 1.82) is 0 Å². The first kappa shape index (κ1) is 25.5. The number of piperidine rings is 1. The Bertz CT molecular complexity index is 841. The van der Waals surface area contributed by atoms with E-state index < -0.39 is 12.0 Å². The first-order chi connectivity index (χ1) is 14.8. The molecule has 0 radical (unpaired) electrons. The van der Waals surface area contributed by atoms with Crippen molar-refractivity contribution in [2.45, 2.75) is 30.7 Å². The van der Waals surface area contributed by atoms with Gasteiger partial charge in [-0.2, -0.15) is 0 Å². The third-order valence-corrected chi connectivity index (χ3v) is 6.97. The molecular formula is C21H26Cl2N2O5S. The van der Waals surface area contributed by atoms with Crippen LogP contribution in [0.2, 0.25) is 10.0 Å². The predicted molar refractivity (Wildman–Crippen MR) is 122 cm³/mol. The lowest BCUT2D eigenvalue weighted by atomic mass is 9.95. The summed E-state index contributed by atoms with van der Waals surface area (Å²) < 4.78 is 4.61. The average molecular weight is 489 g/mol. The van der Waals surface area contributed by atoms with Gasteiger partial charge >= 0.3 is 5.97 Å². The normalized spacial score (nSPS) is 15.7. The molecule has 2 rings (SSSR count). The Labute approximate surface area is 196 Å². The van der Waals surface area contributed by atoms with Crippen molar-refractivity contribution in [2.75, 3.05) is 32.6 Å². The van der Waals surface area contributed by atoms with Crippen LogP contribution in [0.25, 0.3) is 6.08 Å². The monoisotopic (exact) mass is 488 g/mol. The number of esters is 1. The van der Waals surface area contributed by atoms with Crippen molar-refractivity contribution < 1.29 is 24.2 Å². The third kappa shape index (κ3) is 7.14. The van der Waals surface area contributed by atoms with Gasteiger partial charge < -0.3 is 20.1 Å². The van der Waals surface area contributed by atoms with Crippen LogP contribution < -0.4 is 5.32 Å². The van der Waals surface area contributed by atoms with Gasteiger partial charge in [0.05, 0.1) is 23.8 Å². The minimum Gasteiger partial charge on any atom is -0.467 e. The Balaban J connectivity index is 1.90. The fourth-order valence-corrected chi connectivity index (χ4v) is 4.46. The van der Waals surface area contributed by atoms with Crippen molar-refractivity contribution in [2.24, 2.45) is 5.92 Å². The van der Waals surface area contributed by atoms with Crippen molar-refractivity contribution in [3.8, 4) is 0 Å². The lowest BCUT2D eigenvalue weighted by molar-refractivity contribution is -0.145. The van der Waals surface area contributed by atoms with Crippen LogP contribution in [0.1, 0.15) is 25.3 Å². The molecule has 1 unspecified atom stereocenters. The van der Waals surface area contributed by atoms with E-state index in [1.165, 1.54) is 24.9 Å². The van der Waals surface area contributed by atoms with E-state index >= 15 is 0 Å². The lowest BCUT2D eigenvalue weighted by Gasteiger charge is -2.31. The molecule has 0 spiro atoms. The second kappa shape index (κ2) is 12.3. The summed E-state index contributed by atoms with van der Waals surface area (Å²) in [5.74, 6) is -0.615. The molecule has 1 saturated heterocycles. The van der Waals surface area contributed by atoms with Crippen LogP contribution in [0, 0.1) is 5.92 Å². The maximum atomic E-state index is 12.5. The van der Waals surface area contributed by atoms with Gasteiger partial charge in [0.1, 0.15) is 6.04 Å². The second-order valence-electron chi connectivity index (χ2n) is 7.04. The Morgan fingerprint density at radius 3 is 2.58 bits per heavy atom. The first-order valence-electron chi connectivity index (χ1n) is 9.85. The van der Waals surface area contributed by atoms with Crippen LogP contribution in [0.5, 0.6) is 0 Å². The zero-order valence-electron chi connectivity index (χ0n) is 17.4. The quantitative estimate of drug-likeness (QED) is 0.331.